The first-order valence-electron chi connectivity index (χ1n) is 9.44. The Bertz CT molecular complexity index is 719. The first-order chi connectivity index (χ1) is 13.0. The van der Waals surface area contributed by atoms with E-state index in [9.17, 15) is 4.79 Å². The molecule has 1 unspecified atom stereocenters. The summed E-state index contributed by atoms with van der Waals surface area (Å²) < 4.78 is 11.3. The Hall–Kier alpha value is -2.53. The molecule has 0 aliphatic heterocycles. The van der Waals surface area contributed by atoms with Crippen LogP contribution in [0, 0.1) is 0 Å². The van der Waals surface area contributed by atoms with Gasteiger partial charge in [-0.3, -0.25) is 9.69 Å². The van der Waals surface area contributed by atoms with Gasteiger partial charge in [-0.1, -0.05) is 36.4 Å². The van der Waals surface area contributed by atoms with Crippen LogP contribution in [-0.2, 0) is 11.3 Å². The Labute approximate surface area is 162 Å². The molecule has 2 rings (SSSR count). The molecule has 1 atom stereocenters. The van der Waals surface area contributed by atoms with Crippen molar-refractivity contribution in [2.45, 2.75) is 33.4 Å². The zero-order valence-electron chi connectivity index (χ0n) is 16.7. The van der Waals surface area contributed by atoms with Crippen molar-refractivity contribution in [1.29, 1.82) is 0 Å². The van der Waals surface area contributed by atoms with Crippen LogP contribution < -0.4 is 14.8 Å². The summed E-state index contributed by atoms with van der Waals surface area (Å²) in [6.45, 7) is 8.08. The van der Waals surface area contributed by atoms with E-state index in [2.05, 4.69) is 17.4 Å². The summed E-state index contributed by atoms with van der Waals surface area (Å²) in [6.07, 6.45) is 0. The highest BCUT2D eigenvalue weighted by atomic mass is 16.5. The molecule has 1 amide bonds. The number of rotatable bonds is 10. The quantitative estimate of drug-likeness (QED) is 0.691. The minimum Gasteiger partial charge on any atom is -0.490 e. The molecule has 2 aromatic carbocycles. The van der Waals surface area contributed by atoms with Crippen LogP contribution in [0.1, 0.15) is 37.9 Å². The van der Waals surface area contributed by atoms with Crippen molar-refractivity contribution in [3.05, 3.63) is 59.7 Å². The van der Waals surface area contributed by atoms with E-state index in [-0.39, 0.29) is 11.9 Å². The lowest BCUT2D eigenvalue weighted by atomic mass is 10.1. The molecule has 0 aromatic heterocycles. The van der Waals surface area contributed by atoms with E-state index < -0.39 is 0 Å². The monoisotopic (exact) mass is 370 g/mol. The van der Waals surface area contributed by atoms with E-state index >= 15 is 0 Å². The maximum atomic E-state index is 12.4. The van der Waals surface area contributed by atoms with Crippen molar-refractivity contribution < 1.29 is 14.3 Å². The van der Waals surface area contributed by atoms with Gasteiger partial charge in [-0.25, -0.2) is 0 Å². The van der Waals surface area contributed by atoms with Gasteiger partial charge in [0.2, 0.25) is 5.91 Å². The van der Waals surface area contributed by atoms with Gasteiger partial charge in [-0.05, 0) is 51.1 Å². The van der Waals surface area contributed by atoms with Crippen LogP contribution in [0.3, 0.4) is 0 Å². The van der Waals surface area contributed by atoms with Gasteiger partial charge >= 0.3 is 0 Å². The summed E-state index contributed by atoms with van der Waals surface area (Å²) in [5, 5.41) is 3.06. The number of hydrogen-bond donors (Lipinski definition) is 1. The van der Waals surface area contributed by atoms with Crippen LogP contribution in [-0.4, -0.2) is 37.6 Å². The normalized spacial score (nSPS) is 11.9. The summed E-state index contributed by atoms with van der Waals surface area (Å²) in [5.74, 6) is 1.43. The third-order valence-corrected chi connectivity index (χ3v) is 4.15. The minimum absolute atomic E-state index is 0.00669. The number of nitrogens with zero attached hydrogens (tertiary/aromatic N) is 1. The fraction of sp³-hybridized carbons (Fsp3) is 0.409. The lowest BCUT2D eigenvalue weighted by Gasteiger charge is -2.20. The molecule has 5 nitrogen and oxygen atoms in total. The predicted molar refractivity (Wildman–Crippen MR) is 108 cm³/mol. The smallest absolute Gasteiger partial charge is 0.234 e. The van der Waals surface area contributed by atoms with Gasteiger partial charge in [-0.15, -0.1) is 0 Å². The summed E-state index contributed by atoms with van der Waals surface area (Å²) in [5.41, 5.74) is 2.18. The number of likely N-dealkylation sites (N-methyl/N-ethyl adjacent to an activating group) is 1. The van der Waals surface area contributed by atoms with Crippen molar-refractivity contribution in [1.82, 2.24) is 10.2 Å². The standard InChI is InChI=1S/C22H30N2O3/c1-5-26-20-13-12-19(14-21(20)27-6-2)17(3)23-22(25)16-24(4)15-18-10-8-7-9-11-18/h7-14,17H,5-6,15-16H2,1-4H3,(H,23,25). The number of hydrogen-bond acceptors (Lipinski definition) is 4. The number of benzene rings is 2. The maximum Gasteiger partial charge on any atom is 0.234 e. The van der Waals surface area contributed by atoms with E-state index in [0.717, 1.165) is 17.9 Å². The second-order valence-electron chi connectivity index (χ2n) is 6.52. The highest BCUT2D eigenvalue weighted by Gasteiger charge is 2.14. The molecule has 5 heteroatoms. The summed E-state index contributed by atoms with van der Waals surface area (Å²) >= 11 is 0. The molecule has 0 aliphatic rings. The van der Waals surface area contributed by atoms with Crippen molar-refractivity contribution in [2.24, 2.45) is 0 Å². The van der Waals surface area contributed by atoms with Gasteiger partial charge in [0, 0.05) is 6.54 Å². The number of amides is 1. The lowest BCUT2D eigenvalue weighted by molar-refractivity contribution is -0.122. The van der Waals surface area contributed by atoms with Crippen LogP contribution in [0.15, 0.2) is 48.5 Å². The molecule has 146 valence electrons. The van der Waals surface area contributed by atoms with Gasteiger partial charge in [0.15, 0.2) is 11.5 Å². The number of carbonyl (C=O) groups is 1. The molecule has 0 aliphatic carbocycles. The van der Waals surface area contributed by atoms with E-state index in [1.807, 2.05) is 69.1 Å². The summed E-state index contributed by atoms with van der Waals surface area (Å²) in [7, 11) is 1.95. The van der Waals surface area contributed by atoms with Gasteiger partial charge in [-0.2, -0.15) is 0 Å². The Balaban J connectivity index is 1.94. The zero-order chi connectivity index (χ0) is 19.6. The maximum absolute atomic E-state index is 12.4. The molecule has 0 bridgehead atoms. The molecule has 0 spiro atoms. The fourth-order valence-electron chi connectivity index (χ4n) is 2.90. The SMILES string of the molecule is CCOc1ccc(C(C)NC(=O)CN(C)Cc2ccccc2)cc1OCC. The van der Waals surface area contributed by atoms with E-state index in [1.165, 1.54) is 5.56 Å². The molecule has 0 radical (unpaired) electrons. The highest BCUT2D eigenvalue weighted by molar-refractivity contribution is 5.78. The van der Waals surface area contributed by atoms with Crippen LogP contribution in [0.25, 0.3) is 0 Å². The molecular weight excluding hydrogens is 340 g/mol. The minimum atomic E-state index is -0.113. The molecule has 27 heavy (non-hydrogen) atoms. The van der Waals surface area contributed by atoms with E-state index in [1.54, 1.807) is 0 Å². The number of carbonyl (C=O) groups excluding carboxylic acids is 1. The zero-order valence-corrected chi connectivity index (χ0v) is 16.7. The summed E-state index contributed by atoms with van der Waals surface area (Å²) in [6, 6.07) is 15.8. The third-order valence-electron chi connectivity index (χ3n) is 4.15. The molecule has 2 aromatic rings. The van der Waals surface area contributed by atoms with Gasteiger partial charge in [0.25, 0.3) is 0 Å². The predicted octanol–water partition coefficient (Wildman–Crippen LogP) is 3.79. The molecule has 0 heterocycles. The molecule has 1 N–H and O–H groups in total. The van der Waals surface area contributed by atoms with Crippen LogP contribution in [0.4, 0.5) is 0 Å². The molecular formula is C22H30N2O3. The van der Waals surface area contributed by atoms with Crippen molar-refractivity contribution >= 4 is 5.91 Å². The second kappa shape index (κ2) is 10.6. The van der Waals surface area contributed by atoms with Crippen LogP contribution >= 0.6 is 0 Å². The largest absolute Gasteiger partial charge is 0.490 e. The fourth-order valence-corrected chi connectivity index (χ4v) is 2.90. The van der Waals surface area contributed by atoms with E-state index in [0.29, 0.717) is 25.5 Å². The molecule has 0 saturated heterocycles. The third kappa shape index (κ3) is 6.61. The lowest BCUT2D eigenvalue weighted by Crippen LogP contribution is -2.36. The Morgan fingerprint density at radius 1 is 1.04 bits per heavy atom. The van der Waals surface area contributed by atoms with Crippen LogP contribution in [0.2, 0.25) is 0 Å². The average molecular weight is 370 g/mol. The molecule has 0 saturated carbocycles. The Morgan fingerprint density at radius 2 is 1.70 bits per heavy atom. The van der Waals surface area contributed by atoms with Gasteiger partial charge in [0.05, 0.1) is 25.8 Å². The molecule has 0 fully saturated rings. The van der Waals surface area contributed by atoms with E-state index in [4.69, 9.17) is 9.47 Å². The van der Waals surface area contributed by atoms with Crippen molar-refractivity contribution in [3.63, 3.8) is 0 Å². The number of nitrogens with one attached hydrogen (secondary N) is 1. The first kappa shape index (κ1) is 20.8. The average Bonchev–Trinajstić information content (AvgIpc) is 2.64. The van der Waals surface area contributed by atoms with Crippen molar-refractivity contribution in [3.8, 4) is 11.5 Å². The Morgan fingerprint density at radius 3 is 2.37 bits per heavy atom. The van der Waals surface area contributed by atoms with Gasteiger partial charge in [0.1, 0.15) is 0 Å². The summed E-state index contributed by atoms with van der Waals surface area (Å²) in [4.78, 5) is 14.4. The number of ether oxygens (including phenoxy) is 2. The van der Waals surface area contributed by atoms with Crippen LogP contribution in [0.5, 0.6) is 11.5 Å². The second-order valence-corrected chi connectivity index (χ2v) is 6.52. The Kier molecular flexibility index (Phi) is 8.14. The first-order valence-corrected chi connectivity index (χ1v) is 9.44. The van der Waals surface area contributed by atoms with Crippen molar-refractivity contribution in [2.75, 3.05) is 26.8 Å². The van der Waals surface area contributed by atoms with Gasteiger partial charge < -0.3 is 14.8 Å². The highest BCUT2D eigenvalue weighted by Crippen LogP contribution is 2.30. The topological polar surface area (TPSA) is 50.8 Å².